The molecule has 0 aliphatic carbocycles. The molecule has 1 fully saturated rings. The molecule has 11 heteroatoms. The van der Waals surface area contributed by atoms with E-state index in [9.17, 15) is 13.2 Å². The maximum absolute atomic E-state index is 13.5. The second-order valence-corrected chi connectivity index (χ2v) is 8.68. The van der Waals surface area contributed by atoms with Crippen LogP contribution in [0.3, 0.4) is 0 Å². The first-order valence-corrected chi connectivity index (χ1v) is 11.5. The van der Waals surface area contributed by atoms with Gasteiger partial charge >= 0.3 is 6.18 Å². The van der Waals surface area contributed by atoms with Gasteiger partial charge in [-0.15, -0.1) is 0 Å². The lowest BCUT2D eigenvalue weighted by molar-refractivity contribution is -0.137. The molecule has 194 valence electrons. The van der Waals surface area contributed by atoms with Gasteiger partial charge < -0.3 is 30.4 Å². The van der Waals surface area contributed by atoms with Crippen LogP contribution in [0.15, 0.2) is 24.3 Å². The predicted octanol–water partition coefficient (Wildman–Crippen LogP) is 4.47. The molecule has 4 N–H and O–H groups in total. The first-order chi connectivity index (χ1) is 17.1. The minimum atomic E-state index is -4.56. The Kier molecular flexibility index (Phi) is 7.41. The molecule has 0 saturated carbocycles. The number of benzene rings is 2. The van der Waals surface area contributed by atoms with Crippen molar-refractivity contribution in [3.05, 3.63) is 46.8 Å². The SMILES string of the molecule is COc1cc2nc(C)nc(N)c2c(C(C)c2cc(N)cc(C(F)(F)F)c2)c1OCCO[C@H]1CCOC1. The van der Waals surface area contributed by atoms with Gasteiger partial charge in [0.25, 0.3) is 0 Å². The van der Waals surface area contributed by atoms with E-state index in [1.165, 1.54) is 13.2 Å². The average molecular weight is 507 g/mol. The highest BCUT2D eigenvalue weighted by molar-refractivity contribution is 5.95. The fourth-order valence-electron chi connectivity index (χ4n) is 4.41. The molecule has 1 saturated heterocycles. The van der Waals surface area contributed by atoms with E-state index >= 15 is 0 Å². The number of fused-ring (bicyclic) bond motifs is 1. The van der Waals surface area contributed by atoms with Gasteiger partial charge in [0.15, 0.2) is 11.5 Å². The van der Waals surface area contributed by atoms with Crippen LogP contribution >= 0.6 is 0 Å². The van der Waals surface area contributed by atoms with Crippen molar-refractivity contribution < 1.29 is 32.1 Å². The van der Waals surface area contributed by atoms with Gasteiger partial charge in [-0.05, 0) is 37.1 Å². The van der Waals surface area contributed by atoms with E-state index in [2.05, 4.69) is 9.97 Å². The average Bonchev–Trinajstić information content (AvgIpc) is 3.33. The smallest absolute Gasteiger partial charge is 0.416 e. The van der Waals surface area contributed by atoms with Gasteiger partial charge in [0.1, 0.15) is 18.2 Å². The highest BCUT2D eigenvalue weighted by Gasteiger charge is 2.32. The summed E-state index contributed by atoms with van der Waals surface area (Å²) in [5.41, 5.74) is 12.6. The van der Waals surface area contributed by atoms with E-state index in [0.29, 0.717) is 59.2 Å². The van der Waals surface area contributed by atoms with Crippen LogP contribution in [0.1, 0.15) is 41.8 Å². The second-order valence-electron chi connectivity index (χ2n) is 8.68. The quantitative estimate of drug-likeness (QED) is 0.340. The normalized spacial score (nSPS) is 16.9. The molecule has 1 aromatic heterocycles. The number of hydrogen-bond donors (Lipinski definition) is 2. The van der Waals surface area contributed by atoms with Crippen LogP contribution in [0.4, 0.5) is 24.7 Å². The lowest BCUT2D eigenvalue weighted by Crippen LogP contribution is -2.18. The number of nitrogens with zero attached hydrogens (tertiary/aromatic N) is 2. The number of aryl methyl sites for hydroxylation is 1. The largest absolute Gasteiger partial charge is 0.493 e. The lowest BCUT2D eigenvalue weighted by atomic mass is 9.88. The van der Waals surface area contributed by atoms with E-state index in [1.807, 2.05) is 0 Å². The lowest BCUT2D eigenvalue weighted by Gasteiger charge is -2.23. The molecule has 0 amide bonds. The summed E-state index contributed by atoms with van der Waals surface area (Å²) in [6.07, 6.45) is -3.74. The molecule has 2 aromatic carbocycles. The number of nitrogen functional groups attached to an aromatic ring is 2. The molecule has 36 heavy (non-hydrogen) atoms. The molecule has 1 aliphatic rings. The van der Waals surface area contributed by atoms with Gasteiger partial charge in [0.2, 0.25) is 0 Å². The molecular formula is C25H29F3N4O4. The summed E-state index contributed by atoms with van der Waals surface area (Å²) in [6.45, 7) is 5.11. The van der Waals surface area contributed by atoms with Crippen LogP contribution in [-0.4, -0.2) is 49.6 Å². The molecule has 0 bridgehead atoms. The zero-order valence-electron chi connectivity index (χ0n) is 20.3. The van der Waals surface area contributed by atoms with Gasteiger partial charge in [-0.2, -0.15) is 13.2 Å². The monoisotopic (exact) mass is 506 g/mol. The summed E-state index contributed by atoms with van der Waals surface area (Å²) in [5.74, 6) is 0.709. The topological polar surface area (TPSA) is 115 Å². The Labute approximate surface area is 206 Å². The van der Waals surface area contributed by atoms with Crippen molar-refractivity contribution in [2.24, 2.45) is 0 Å². The number of rotatable bonds is 8. The maximum Gasteiger partial charge on any atom is 0.416 e. The van der Waals surface area contributed by atoms with Crippen molar-refractivity contribution in [1.82, 2.24) is 9.97 Å². The highest BCUT2D eigenvalue weighted by Crippen LogP contribution is 2.46. The summed E-state index contributed by atoms with van der Waals surface area (Å²) in [6, 6.07) is 5.16. The van der Waals surface area contributed by atoms with Gasteiger partial charge in [-0.25, -0.2) is 9.97 Å². The number of halogens is 3. The second kappa shape index (κ2) is 10.4. The Bertz CT molecular complexity index is 1250. The number of nitrogens with two attached hydrogens (primary N) is 2. The third-order valence-corrected chi connectivity index (χ3v) is 6.11. The van der Waals surface area contributed by atoms with Gasteiger partial charge in [-0.3, -0.25) is 0 Å². The number of aromatic nitrogens is 2. The van der Waals surface area contributed by atoms with E-state index in [-0.39, 0.29) is 24.2 Å². The fourth-order valence-corrected chi connectivity index (χ4v) is 4.41. The van der Waals surface area contributed by atoms with Crippen molar-refractivity contribution in [2.45, 2.75) is 38.5 Å². The van der Waals surface area contributed by atoms with Crippen molar-refractivity contribution in [3.8, 4) is 11.5 Å². The van der Waals surface area contributed by atoms with E-state index < -0.39 is 17.7 Å². The number of methoxy groups -OCH3 is 1. The summed E-state index contributed by atoms with van der Waals surface area (Å²) >= 11 is 0. The summed E-state index contributed by atoms with van der Waals surface area (Å²) in [4.78, 5) is 8.76. The maximum atomic E-state index is 13.5. The standard InChI is InChI=1S/C25H29F3N4O4/c1-13(15-8-16(25(26,27)28)10-17(29)9-15)21-22-19(31-14(2)32-24(22)30)11-20(33-3)23(21)36-7-6-35-18-4-5-34-12-18/h8-11,13,18H,4-7,12,29H2,1-3H3,(H2,30,31,32)/t13?,18-/m0/s1. The molecule has 8 nitrogen and oxygen atoms in total. The van der Waals surface area contributed by atoms with E-state index in [0.717, 1.165) is 18.6 Å². The third kappa shape index (κ3) is 5.41. The summed E-state index contributed by atoms with van der Waals surface area (Å²) < 4.78 is 63.5. The highest BCUT2D eigenvalue weighted by atomic mass is 19.4. The van der Waals surface area contributed by atoms with Crippen LogP contribution in [0.5, 0.6) is 11.5 Å². The summed E-state index contributed by atoms with van der Waals surface area (Å²) in [7, 11) is 1.48. The van der Waals surface area contributed by atoms with Crippen molar-refractivity contribution in [2.75, 3.05) is 45.0 Å². The van der Waals surface area contributed by atoms with E-state index in [1.54, 1.807) is 19.9 Å². The number of ether oxygens (including phenoxy) is 4. The van der Waals surface area contributed by atoms with Crippen LogP contribution in [0, 0.1) is 6.92 Å². The zero-order chi connectivity index (χ0) is 26.0. The van der Waals surface area contributed by atoms with Crippen molar-refractivity contribution >= 4 is 22.4 Å². The van der Waals surface area contributed by atoms with Gasteiger partial charge in [0.05, 0.1) is 42.9 Å². The molecule has 1 unspecified atom stereocenters. The molecule has 3 aromatic rings. The Morgan fingerprint density at radius 1 is 1.14 bits per heavy atom. The first kappa shape index (κ1) is 25.8. The van der Waals surface area contributed by atoms with Gasteiger partial charge in [-0.1, -0.05) is 6.92 Å². The first-order valence-electron chi connectivity index (χ1n) is 11.5. The molecular weight excluding hydrogens is 477 g/mol. The number of alkyl halides is 3. The predicted molar refractivity (Wildman–Crippen MR) is 129 cm³/mol. The molecule has 4 rings (SSSR count). The van der Waals surface area contributed by atoms with Crippen LogP contribution in [0.2, 0.25) is 0 Å². The number of hydrogen-bond acceptors (Lipinski definition) is 8. The van der Waals surface area contributed by atoms with E-state index in [4.69, 9.17) is 30.4 Å². The van der Waals surface area contributed by atoms with Crippen molar-refractivity contribution in [3.63, 3.8) is 0 Å². The fraction of sp³-hybridized carbons (Fsp3) is 0.440. The summed E-state index contributed by atoms with van der Waals surface area (Å²) in [5, 5.41) is 0.477. The molecule has 2 heterocycles. The van der Waals surface area contributed by atoms with Crippen LogP contribution in [-0.2, 0) is 15.7 Å². The molecule has 2 atom stereocenters. The van der Waals surface area contributed by atoms with Gasteiger partial charge in [0, 0.05) is 29.8 Å². The minimum Gasteiger partial charge on any atom is -0.493 e. The Balaban J connectivity index is 1.81. The molecule has 0 radical (unpaired) electrons. The Morgan fingerprint density at radius 2 is 1.92 bits per heavy atom. The van der Waals surface area contributed by atoms with Crippen molar-refractivity contribution in [1.29, 1.82) is 0 Å². The van der Waals surface area contributed by atoms with Crippen LogP contribution in [0.25, 0.3) is 10.9 Å². The number of anilines is 2. The third-order valence-electron chi connectivity index (χ3n) is 6.11. The zero-order valence-corrected chi connectivity index (χ0v) is 20.3. The molecule has 0 spiro atoms. The minimum absolute atomic E-state index is 0.00518. The molecule has 1 aliphatic heterocycles. The Morgan fingerprint density at radius 3 is 2.58 bits per heavy atom. The van der Waals surface area contributed by atoms with Crippen LogP contribution < -0.4 is 20.9 Å². The Hall–Kier alpha value is -3.31.